The number of rotatable bonds is 8. The fourth-order valence-electron chi connectivity index (χ4n) is 3.92. The molecule has 0 fully saturated rings. The number of carbonyl (C=O) groups is 2. The van der Waals surface area contributed by atoms with E-state index in [9.17, 15) is 9.59 Å². The Balaban J connectivity index is 1.34. The van der Waals surface area contributed by atoms with Crippen molar-refractivity contribution in [3.8, 4) is 5.75 Å². The number of ether oxygens (including phenoxy) is 1. The Labute approximate surface area is 179 Å². The first kappa shape index (κ1) is 21.9. The molecular formula is C25H32N2O3. The molecule has 1 aliphatic heterocycles. The molecular weight excluding hydrogens is 376 g/mol. The van der Waals surface area contributed by atoms with Crippen LogP contribution >= 0.6 is 0 Å². The molecule has 0 saturated heterocycles. The van der Waals surface area contributed by atoms with E-state index in [1.165, 1.54) is 22.3 Å². The first-order valence-corrected chi connectivity index (χ1v) is 10.8. The Hall–Kier alpha value is -2.82. The summed E-state index contributed by atoms with van der Waals surface area (Å²) >= 11 is 0. The highest BCUT2D eigenvalue weighted by Crippen LogP contribution is 2.23. The zero-order chi connectivity index (χ0) is 21.5. The van der Waals surface area contributed by atoms with Gasteiger partial charge in [0.25, 0.3) is 5.91 Å². The summed E-state index contributed by atoms with van der Waals surface area (Å²) in [7, 11) is 0. The lowest BCUT2D eigenvalue weighted by molar-refractivity contribution is -0.132. The van der Waals surface area contributed by atoms with Gasteiger partial charge in [-0.3, -0.25) is 9.59 Å². The van der Waals surface area contributed by atoms with Crippen LogP contribution in [0.4, 0.5) is 0 Å². The number of amides is 2. The summed E-state index contributed by atoms with van der Waals surface area (Å²) in [5.74, 6) is 1.15. The lowest BCUT2D eigenvalue weighted by Gasteiger charge is -2.29. The Bertz CT molecular complexity index is 892. The van der Waals surface area contributed by atoms with Gasteiger partial charge >= 0.3 is 0 Å². The zero-order valence-corrected chi connectivity index (χ0v) is 18.2. The van der Waals surface area contributed by atoms with Crippen LogP contribution in [0, 0.1) is 6.92 Å². The van der Waals surface area contributed by atoms with E-state index < -0.39 is 0 Å². The standard InChI is InChI=1S/C25H32N2O3/c1-18(2)23-11-10-22(15-19(23)3)30-17-24(28)26-13-6-9-25(29)27-14-12-20-7-4-5-8-21(20)16-27/h4-5,7-8,10-11,15,18H,6,9,12-14,16-17H2,1-3H3,(H,26,28). The van der Waals surface area contributed by atoms with Crippen LogP contribution < -0.4 is 10.1 Å². The third-order valence-corrected chi connectivity index (χ3v) is 5.61. The second-order valence-corrected chi connectivity index (χ2v) is 8.25. The maximum absolute atomic E-state index is 12.5. The molecule has 0 atom stereocenters. The fraction of sp³-hybridized carbons (Fsp3) is 0.440. The van der Waals surface area contributed by atoms with Crippen LogP contribution in [0.15, 0.2) is 42.5 Å². The van der Waals surface area contributed by atoms with Crippen LogP contribution in [0.3, 0.4) is 0 Å². The number of nitrogens with one attached hydrogen (secondary N) is 1. The average molecular weight is 409 g/mol. The van der Waals surface area contributed by atoms with Crippen molar-refractivity contribution in [2.24, 2.45) is 0 Å². The molecule has 0 unspecified atom stereocenters. The maximum atomic E-state index is 12.5. The van der Waals surface area contributed by atoms with Crippen molar-refractivity contribution < 1.29 is 14.3 Å². The first-order chi connectivity index (χ1) is 14.4. The van der Waals surface area contributed by atoms with Crippen LogP contribution in [0.1, 0.15) is 54.9 Å². The third kappa shape index (κ3) is 5.85. The number of nitrogens with zero attached hydrogens (tertiary/aromatic N) is 1. The number of hydrogen-bond acceptors (Lipinski definition) is 3. The third-order valence-electron chi connectivity index (χ3n) is 5.61. The van der Waals surface area contributed by atoms with Crippen LogP contribution in [-0.2, 0) is 22.6 Å². The SMILES string of the molecule is Cc1cc(OCC(=O)NCCCC(=O)N2CCc3ccccc3C2)ccc1C(C)C. The van der Waals surface area contributed by atoms with E-state index in [1.54, 1.807) is 0 Å². The second-order valence-electron chi connectivity index (χ2n) is 8.25. The van der Waals surface area contributed by atoms with E-state index in [1.807, 2.05) is 29.2 Å². The molecule has 3 rings (SSSR count). The first-order valence-electron chi connectivity index (χ1n) is 10.8. The predicted octanol–water partition coefficient (Wildman–Crippen LogP) is 3.98. The Morgan fingerprint density at radius 1 is 1.13 bits per heavy atom. The smallest absolute Gasteiger partial charge is 0.257 e. The van der Waals surface area contributed by atoms with Crippen molar-refractivity contribution >= 4 is 11.8 Å². The lowest BCUT2D eigenvalue weighted by Crippen LogP contribution is -2.36. The highest BCUT2D eigenvalue weighted by Gasteiger charge is 2.19. The van der Waals surface area contributed by atoms with Gasteiger partial charge in [0.05, 0.1) is 0 Å². The molecule has 1 N–H and O–H groups in total. The number of hydrogen-bond donors (Lipinski definition) is 1. The van der Waals surface area contributed by atoms with E-state index in [2.05, 4.69) is 44.3 Å². The van der Waals surface area contributed by atoms with Gasteiger partial charge in [-0.1, -0.05) is 44.2 Å². The molecule has 0 bridgehead atoms. The molecule has 0 aromatic heterocycles. The van der Waals surface area contributed by atoms with E-state index in [0.717, 1.165) is 13.0 Å². The fourth-order valence-corrected chi connectivity index (χ4v) is 3.92. The minimum atomic E-state index is -0.167. The summed E-state index contributed by atoms with van der Waals surface area (Å²) in [5, 5.41) is 2.84. The lowest BCUT2D eigenvalue weighted by atomic mass is 9.98. The maximum Gasteiger partial charge on any atom is 0.257 e. The molecule has 30 heavy (non-hydrogen) atoms. The summed E-state index contributed by atoms with van der Waals surface area (Å²) in [5.41, 5.74) is 5.03. The molecule has 1 heterocycles. The molecule has 2 aromatic rings. The summed E-state index contributed by atoms with van der Waals surface area (Å²) in [6.07, 6.45) is 1.98. The highest BCUT2D eigenvalue weighted by atomic mass is 16.5. The molecule has 5 nitrogen and oxygen atoms in total. The minimum absolute atomic E-state index is 0.0165. The van der Waals surface area contributed by atoms with E-state index >= 15 is 0 Å². The summed E-state index contributed by atoms with van der Waals surface area (Å²) in [6, 6.07) is 14.2. The van der Waals surface area contributed by atoms with Gasteiger partial charge in [0.1, 0.15) is 5.75 Å². The molecule has 2 aromatic carbocycles. The molecule has 1 aliphatic rings. The van der Waals surface area contributed by atoms with Crippen molar-refractivity contribution in [3.63, 3.8) is 0 Å². The van der Waals surface area contributed by atoms with Crippen LogP contribution in [0.25, 0.3) is 0 Å². The van der Waals surface area contributed by atoms with Crippen molar-refractivity contribution in [2.45, 2.75) is 52.5 Å². The second kappa shape index (κ2) is 10.3. The normalized spacial score (nSPS) is 13.1. The van der Waals surface area contributed by atoms with Crippen LogP contribution in [0.2, 0.25) is 0 Å². The van der Waals surface area contributed by atoms with Gasteiger partial charge in [-0.25, -0.2) is 0 Å². The Kier molecular flexibility index (Phi) is 7.50. The topological polar surface area (TPSA) is 58.6 Å². The quantitative estimate of drug-likeness (QED) is 0.672. The van der Waals surface area contributed by atoms with E-state index in [0.29, 0.717) is 37.6 Å². The number of carbonyl (C=O) groups excluding carboxylic acids is 2. The van der Waals surface area contributed by atoms with Gasteiger partial charge in [-0.05, 0) is 60.1 Å². The van der Waals surface area contributed by atoms with Gasteiger partial charge in [0.2, 0.25) is 5.91 Å². The predicted molar refractivity (Wildman–Crippen MR) is 119 cm³/mol. The summed E-state index contributed by atoms with van der Waals surface area (Å²) in [6.45, 7) is 8.28. The molecule has 0 spiro atoms. The van der Waals surface area contributed by atoms with Gasteiger partial charge in [-0.2, -0.15) is 0 Å². The molecule has 0 radical (unpaired) electrons. The van der Waals surface area contributed by atoms with E-state index in [-0.39, 0.29) is 18.4 Å². The minimum Gasteiger partial charge on any atom is -0.484 e. The van der Waals surface area contributed by atoms with Crippen LogP contribution in [0.5, 0.6) is 5.75 Å². The van der Waals surface area contributed by atoms with Crippen molar-refractivity contribution in [1.29, 1.82) is 0 Å². The van der Waals surface area contributed by atoms with Gasteiger partial charge in [0.15, 0.2) is 6.61 Å². The average Bonchev–Trinajstić information content (AvgIpc) is 2.74. The Morgan fingerprint density at radius 3 is 2.63 bits per heavy atom. The van der Waals surface area contributed by atoms with Gasteiger partial charge < -0.3 is 15.0 Å². The number of aryl methyl sites for hydroxylation is 1. The van der Waals surface area contributed by atoms with Gasteiger partial charge in [0, 0.05) is 26.1 Å². The highest BCUT2D eigenvalue weighted by molar-refractivity contribution is 5.78. The molecule has 5 heteroatoms. The van der Waals surface area contributed by atoms with E-state index in [4.69, 9.17) is 4.74 Å². The van der Waals surface area contributed by atoms with Crippen molar-refractivity contribution in [3.05, 3.63) is 64.7 Å². The molecule has 160 valence electrons. The summed E-state index contributed by atoms with van der Waals surface area (Å²) < 4.78 is 5.60. The number of fused-ring (bicyclic) bond motifs is 1. The molecule has 0 aliphatic carbocycles. The van der Waals surface area contributed by atoms with Crippen molar-refractivity contribution in [2.75, 3.05) is 19.7 Å². The molecule has 0 saturated carbocycles. The molecule has 2 amide bonds. The number of benzene rings is 2. The zero-order valence-electron chi connectivity index (χ0n) is 18.2. The van der Waals surface area contributed by atoms with Crippen molar-refractivity contribution in [1.82, 2.24) is 10.2 Å². The summed E-state index contributed by atoms with van der Waals surface area (Å²) in [4.78, 5) is 26.4. The van der Waals surface area contributed by atoms with Crippen LogP contribution in [-0.4, -0.2) is 36.4 Å². The van der Waals surface area contributed by atoms with Gasteiger partial charge in [-0.15, -0.1) is 0 Å². The monoisotopic (exact) mass is 408 g/mol. The Morgan fingerprint density at radius 2 is 1.90 bits per heavy atom. The largest absolute Gasteiger partial charge is 0.484 e.